The first-order chi connectivity index (χ1) is 18.8. The van der Waals surface area contributed by atoms with E-state index in [2.05, 4.69) is 28.7 Å². The average molecular weight is 674 g/mol. The van der Waals surface area contributed by atoms with Crippen molar-refractivity contribution >= 4 is 75.2 Å². The number of halogens is 2. The van der Waals surface area contributed by atoms with Gasteiger partial charge in [-0.25, -0.2) is 0 Å². The number of carbonyl (C=O) groups excluding carboxylic acids is 2. The summed E-state index contributed by atoms with van der Waals surface area (Å²) in [5, 5.41) is 10.0. The largest absolute Gasteiger partial charge is 0.493 e. The van der Waals surface area contributed by atoms with Crippen LogP contribution in [-0.4, -0.2) is 42.7 Å². The van der Waals surface area contributed by atoms with E-state index in [-0.39, 0.29) is 24.0 Å². The molecule has 0 radical (unpaired) electrons. The molecule has 1 saturated heterocycles. The molecule has 8 nitrogen and oxygen atoms in total. The van der Waals surface area contributed by atoms with Gasteiger partial charge in [0, 0.05) is 10.6 Å². The number of amides is 1. The molecule has 39 heavy (non-hydrogen) atoms. The number of nitriles is 1. The highest BCUT2D eigenvalue weighted by Gasteiger charge is 2.40. The molecule has 0 aliphatic carbocycles. The molecule has 4 rings (SSSR count). The van der Waals surface area contributed by atoms with E-state index in [4.69, 9.17) is 38.0 Å². The first-order valence-corrected chi connectivity index (χ1v) is 13.3. The maximum absolute atomic E-state index is 13.6. The topological polar surface area (TPSA) is 92.1 Å². The predicted octanol–water partition coefficient (Wildman–Crippen LogP) is 5.55. The van der Waals surface area contributed by atoms with Gasteiger partial charge in [-0.2, -0.15) is 5.26 Å². The monoisotopic (exact) mass is 673 g/mol. The Morgan fingerprint density at radius 1 is 1.15 bits per heavy atom. The molecule has 1 amide bonds. The van der Waals surface area contributed by atoms with Crippen LogP contribution in [-0.2, 0) is 20.9 Å². The van der Waals surface area contributed by atoms with Crippen LogP contribution in [0.3, 0.4) is 0 Å². The number of nitrogens with zero attached hydrogens (tertiary/aromatic N) is 3. The van der Waals surface area contributed by atoms with Crippen LogP contribution in [0.15, 0.2) is 66.4 Å². The average Bonchev–Trinajstić information content (AvgIpc) is 3.16. The van der Waals surface area contributed by atoms with Crippen LogP contribution in [0.2, 0.25) is 5.02 Å². The molecular weight excluding hydrogens is 653 g/mol. The third kappa shape index (κ3) is 6.16. The van der Waals surface area contributed by atoms with Gasteiger partial charge in [0.1, 0.15) is 18.8 Å². The number of hydrogen-bond donors (Lipinski definition) is 0. The fraction of sp³-hybridized carbons (Fsp3) is 0.143. The molecule has 1 aliphatic heterocycles. The Kier molecular flexibility index (Phi) is 9.06. The molecular formula is C28H21ClIN3O5S. The molecule has 11 heteroatoms. The molecule has 0 unspecified atom stereocenters. The molecule has 3 aromatic carbocycles. The Bertz CT molecular complexity index is 1520. The van der Waals surface area contributed by atoms with Crippen LogP contribution in [0.4, 0.5) is 5.69 Å². The van der Waals surface area contributed by atoms with E-state index in [1.807, 2.05) is 18.2 Å². The highest BCUT2D eigenvalue weighted by molar-refractivity contribution is 14.1. The van der Waals surface area contributed by atoms with Gasteiger partial charge in [0.15, 0.2) is 16.6 Å². The Labute approximate surface area is 249 Å². The summed E-state index contributed by atoms with van der Waals surface area (Å²) < 4.78 is 17.2. The van der Waals surface area contributed by atoms with Gasteiger partial charge in [-0.1, -0.05) is 29.8 Å². The minimum absolute atomic E-state index is 0.136. The predicted molar refractivity (Wildman–Crippen MR) is 159 cm³/mol. The minimum atomic E-state index is -0.553. The molecule has 0 atom stereocenters. The third-order valence-electron chi connectivity index (χ3n) is 5.80. The van der Waals surface area contributed by atoms with Crippen molar-refractivity contribution in [3.63, 3.8) is 0 Å². The molecule has 0 N–H and O–H groups in total. The lowest BCUT2D eigenvalue weighted by molar-refractivity contribution is -0.140. The van der Waals surface area contributed by atoms with Gasteiger partial charge in [0.2, 0.25) is 0 Å². The number of benzene rings is 3. The van der Waals surface area contributed by atoms with Gasteiger partial charge in [-0.05, 0) is 88.9 Å². The van der Waals surface area contributed by atoms with Crippen molar-refractivity contribution in [1.82, 2.24) is 4.90 Å². The van der Waals surface area contributed by atoms with Crippen LogP contribution < -0.4 is 14.4 Å². The standard InChI is InChI=1S/C28H21ClIN3O5S/c1-36-24-13-17(11-22(30)26(24)38-16-19-6-4-3-5-18(19)14-31)12-23-27(35)33(21-9-7-20(29)8-10-21)28(39)32(23)15-25(34)37-2/h3-13H,15-16H2,1-2H3/b23-12-. The minimum Gasteiger partial charge on any atom is -0.493 e. The number of rotatable bonds is 8. The summed E-state index contributed by atoms with van der Waals surface area (Å²) in [6.07, 6.45) is 1.63. The Morgan fingerprint density at radius 3 is 2.54 bits per heavy atom. The van der Waals surface area contributed by atoms with E-state index in [1.54, 1.807) is 48.5 Å². The van der Waals surface area contributed by atoms with E-state index in [1.165, 1.54) is 24.0 Å². The molecule has 0 spiro atoms. The number of methoxy groups -OCH3 is 2. The molecule has 0 saturated carbocycles. The van der Waals surface area contributed by atoms with E-state index >= 15 is 0 Å². The summed E-state index contributed by atoms with van der Waals surface area (Å²) in [5.41, 5.74) is 2.60. The summed E-state index contributed by atoms with van der Waals surface area (Å²) >= 11 is 13.7. The normalized spacial score (nSPS) is 14.0. The molecule has 198 valence electrons. The zero-order valence-corrected chi connectivity index (χ0v) is 24.5. The van der Waals surface area contributed by atoms with Gasteiger partial charge in [-0.15, -0.1) is 0 Å². The number of anilines is 1. The lowest BCUT2D eigenvalue weighted by atomic mass is 10.1. The SMILES string of the molecule is COC(=O)CN1C(=S)N(c2ccc(Cl)cc2)C(=O)/C1=C/c1cc(I)c(OCc2ccccc2C#N)c(OC)c1. The van der Waals surface area contributed by atoms with Crippen LogP contribution >= 0.6 is 46.4 Å². The third-order valence-corrected chi connectivity index (χ3v) is 7.26. The quantitative estimate of drug-likeness (QED) is 0.133. The maximum Gasteiger partial charge on any atom is 0.325 e. The van der Waals surface area contributed by atoms with Crippen molar-refractivity contribution < 1.29 is 23.8 Å². The second-order valence-electron chi connectivity index (χ2n) is 8.18. The molecule has 3 aromatic rings. The number of esters is 1. The summed E-state index contributed by atoms with van der Waals surface area (Å²) in [5.74, 6) is -0.0306. The molecule has 1 fully saturated rings. The van der Waals surface area contributed by atoms with E-state index < -0.39 is 11.9 Å². The van der Waals surface area contributed by atoms with Gasteiger partial charge in [0.25, 0.3) is 5.91 Å². The first-order valence-electron chi connectivity index (χ1n) is 11.5. The van der Waals surface area contributed by atoms with Crippen LogP contribution in [0.5, 0.6) is 11.5 Å². The molecule has 0 bridgehead atoms. The summed E-state index contributed by atoms with van der Waals surface area (Å²) in [6, 6.07) is 19.5. The highest BCUT2D eigenvalue weighted by atomic mass is 127. The maximum atomic E-state index is 13.6. The van der Waals surface area contributed by atoms with Crippen molar-refractivity contribution in [3.05, 3.63) is 91.6 Å². The molecule has 1 heterocycles. The van der Waals surface area contributed by atoms with Gasteiger partial charge < -0.3 is 19.1 Å². The molecule has 1 aliphatic rings. The van der Waals surface area contributed by atoms with E-state index in [0.29, 0.717) is 33.3 Å². The van der Waals surface area contributed by atoms with E-state index in [9.17, 15) is 14.9 Å². The summed E-state index contributed by atoms with van der Waals surface area (Å²) in [7, 11) is 2.78. The van der Waals surface area contributed by atoms with Gasteiger partial charge in [0.05, 0.1) is 35.1 Å². The zero-order valence-electron chi connectivity index (χ0n) is 20.8. The van der Waals surface area contributed by atoms with Crippen LogP contribution in [0, 0.1) is 14.9 Å². The fourth-order valence-corrected chi connectivity index (χ4v) is 5.13. The van der Waals surface area contributed by atoms with Crippen LogP contribution in [0.1, 0.15) is 16.7 Å². The second kappa shape index (κ2) is 12.5. The summed E-state index contributed by atoms with van der Waals surface area (Å²) in [4.78, 5) is 28.5. The van der Waals surface area contributed by atoms with Crippen molar-refractivity contribution in [2.24, 2.45) is 0 Å². The Hall–Kier alpha value is -3.66. The molecule has 0 aromatic heterocycles. The zero-order chi connectivity index (χ0) is 28.1. The van der Waals surface area contributed by atoms with Crippen molar-refractivity contribution in [2.45, 2.75) is 6.61 Å². The lowest BCUT2D eigenvalue weighted by Gasteiger charge is -2.19. The second-order valence-corrected chi connectivity index (χ2v) is 10.1. The van der Waals surface area contributed by atoms with Crippen molar-refractivity contribution in [2.75, 3.05) is 25.7 Å². The van der Waals surface area contributed by atoms with Crippen molar-refractivity contribution in [3.8, 4) is 17.6 Å². The highest BCUT2D eigenvalue weighted by Crippen LogP contribution is 2.37. The lowest BCUT2D eigenvalue weighted by Crippen LogP contribution is -2.35. The smallest absolute Gasteiger partial charge is 0.325 e. The Balaban J connectivity index is 1.70. The number of ether oxygens (including phenoxy) is 3. The van der Waals surface area contributed by atoms with Crippen molar-refractivity contribution in [1.29, 1.82) is 5.26 Å². The number of hydrogen-bond acceptors (Lipinski definition) is 7. The number of carbonyl (C=O) groups is 2. The summed E-state index contributed by atoms with van der Waals surface area (Å²) in [6.45, 7) is -0.0725. The Morgan fingerprint density at radius 2 is 1.87 bits per heavy atom. The number of thiocarbonyl (C=S) groups is 1. The fourth-order valence-electron chi connectivity index (χ4n) is 3.87. The first kappa shape index (κ1) is 28.4. The van der Waals surface area contributed by atoms with Gasteiger partial charge >= 0.3 is 5.97 Å². The van der Waals surface area contributed by atoms with E-state index in [0.717, 1.165) is 9.13 Å². The van der Waals surface area contributed by atoms with Gasteiger partial charge in [-0.3, -0.25) is 14.5 Å². The van der Waals surface area contributed by atoms with Crippen LogP contribution in [0.25, 0.3) is 6.08 Å².